The molecule has 0 aliphatic rings. The van der Waals surface area contributed by atoms with Crippen molar-refractivity contribution in [2.24, 2.45) is 0 Å². The van der Waals surface area contributed by atoms with Crippen molar-refractivity contribution in [3.8, 4) is 5.75 Å². The molecule has 0 fully saturated rings. The molecule has 0 spiro atoms. The predicted octanol–water partition coefficient (Wildman–Crippen LogP) is 4.18. The number of benzene rings is 3. The van der Waals surface area contributed by atoms with E-state index in [9.17, 15) is 13.2 Å². The molecule has 0 aromatic heterocycles. The third kappa shape index (κ3) is 5.06. The average Bonchev–Trinajstić information content (AvgIpc) is 2.80. The van der Waals surface area contributed by atoms with Gasteiger partial charge in [0, 0.05) is 25.7 Å². The summed E-state index contributed by atoms with van der Waals surface area (Å²) in [7, 11) is -0.327. The Labute approximate surface area is 183 Å². The number of hydrogen-bond donors (Lipinski definition) is 0. The topological polar surface area (TPSA) is 66.9 Å². The Bertz CT molecular complexity index is 1110. The van der Waals surface area contributed by atoms with E-state index in [1.165, 1.54) is 4.31 Å². The Morgan fingerprint density at radius 1 is 0.903 bits per heavy atom. The van der Waals surface area contributed by atoms with Gasteiger partial charge in [-0.25, -0.2) is 8.42 Å². The summed E-state index contributed by atoms with van der Waals surface area (Å²) in [5.74, 6) is 0.621. The van der Waals surface area contributed by atoms with Crippen LogP contribution in [-0.2, 0) is 16.6 Å². The van der Waals surface area contributed by atoms with E-state index in [0.717, 1.165) is 11.3 Å². The summed E-state index contributed by atoms with van der Waals surface area (Å²) in [4.78, 5) is 14.7. The first-order chi connectivity index (χ1) is 14.9. The van der Waals surface area contributed by atoms with Crippen LogP contribution in [0.2, 0.25) is 0 Å². The highest BCUT2D eigenvalue weighted by Crippen LogP contribution is 2.24. The summed E-state index contributed by atoms with van der Waals surface area (Å²) in [6, 6.07) is 22.5. The third-order valence-corrected chi connectivity index (χ3v) is 6.86. The van der Waals surface area contributed by atoms with E-state index in [4.69, 9.17) is 4.74 Å². The predicted molar refractivity (Wildman–Crippen MR) is 122 cm³/mol. The monoisotopic (exact) mass is 438 g/mol. The van der Waals surface area contributed by atoms with E-state index in [1.807, 2.05) is 24.3 Å². The number of ether oxygens (including phenoxy) is 1. The second kappa shape index (κ2) is 9.66. The van der Waals surface area contributed by atoms with Crippen LogP contribution in [0.15, 0.2) is 83.8 Å². The zero-order valence-corrected chi connectivity index (χ0v) is 18.7. The molecule has 0 saturated carbocycles. The van der Waals surface area contributed by atoms with E-state index in [2.05, 4.69) is 0 Å². The fourth-order valence-electron chi connectivity index (χ4n) is 3.28. The first-order valence-electron chi connectivity index (χ1n) is 9.93. The molecule has 0 bridgehead atoms. The van der Waals surface area contributed by atoms with E-state index in [0.29, 0.717) is 17.8 Å². The zero-order valence-electron chi connectivity index (χ0n) is 17.9. The molecule has 0 saturated heterocycles. The molecule has 31 heavy (non-hydrogen) atoms. The molecule has 0 radical (unpaired) electrons. The zero-order chi connectivity index (χ0) is 22.4. The van der Waals surface area contributed by atoms with Crippen LogP contribution in [0, 0.1) is 0 Å². The first-order valence-corrected chi connectivity index (χ1v) is 11.4. The van der Waals surface area contributed by atoms with Crippen molar-refractivity contribution in [3.05, 3.63) is 90.0 Å². The maximum atomic E-state index is 13.0. The second-order valence-electron chi connectivity index (χ2n) is 7.04. The Morgan fingerprint density at radius 2 is 1.52 bits per heavy atom. The Balaban J connectivity index is 1.75. The highest BCUT2D eigenvalue weighted by Gasteiger charge is 2.23. The standard InChI is InChI=1S/C24H26N2O4S/c1-4-26(31(28,29)23-8-6-5-7-9-23)21-14-12-20(13-15-21)24(27)25(2)18-19-10-16-22(30-3)17-11-19/h5-17H,4,18H2,1-3H3. The summed E-state index contributed by atoms with van der Waals surface area (Å²) >= 11 is 0. The van der Waals surface area contributed by atoms with Crippen molar-refractivity contribution in [3.63, 3.8) is 0 Å². The molecule has 162 valence electrons. The maximum absolute atomic E-state index is 13.0. The lowest BCUT2D eigenvalue weighted by Gasteiger charge is -2.23. The Kier molecular flexibility index (Phi) is 6.97. The third-order valence-electron chi connectivity index (χ3n) is 4.95. The van der Waals surface area contributed by atoms with Crippen molar-refractivity contribution in [1.82, 2.24) is 4.90 Å². The minimum atomic E-state index is -3.67. The normalized spacial score (nSPS) is 11.1. The molecule has 0 N–H and O–H groups in total. The van der Waals surface area contributed by atoms with Crippen molar-refractivity contribution >= 4 is 21.6 Å². The van der Waals surface area contributed by atoms with Crippen LogP contribution >= 0.6 is 0 Å². The number of amides is 1. The lowest BCUT2D eigenvalue weighted by molar-refractivity contribution is 0.0785. The number of anilines is 1. The molecule has 3 rings (SSSR count). The van der Waals surface area contributed by atoms with Gasteiger partial charge in [0.15, 0.2) is 0 Å². The smallest absolute Gasteiger partial charge is 0.264 e. The molecular formula is C24H26N2O4S. The fraction of sp³-hybridized carbons (Fsp3) is 0.208. The highest BCUT2D eigenvalue weighted by atomic mass is 32.2. The quantitative estimate of drug-likeness (QED) is 0.529. The SMILES string of the molecule is CCN(c1ccc(C(=O)N(C)Cc2ccc(OC)cc2)cc1)S(=O)(=O)c1ccccc1. The summed E-state index contributed by atoms with van der Waals surface area (Å²) < 4.78 is 32.4. The van der Waals surface area contributed by atoms with Gasteiger partial charge in [0.05, 0.1) is 17.7 Å². The van der Waals surface area contributed by atoms with Gasteiger partial charge in [-0.3, -0.25) is 9.10 Å². The lowest BCUT2D eigenvalue weighted by atomic mass is 10.1. The van der Waals surface area contributed by atoms with Gasteiger partial charge in [-0.1, -0.05) is 30.3 Å². The molecule has 7 heteroatoms. The van der Waals surface area contributed by atoms with Crippen LogP contribution < -0.4 is 9.04 Å². The van der Waals surface area contributed by atoms with Gasteiger partial charge < -0.3 is 9.64 Å². The van der Waals surface area contributed by atoms with Crippen LogP contribution in [0.25, 0.3) is 0 Å². The van der Waals surface area contributed by atoms with Gasteiger partial charge in [-0.2, -0.15) is 0 Å². The summed E-state index contributed by atoms with van der Waals surface area (Å²) in [5, 5.41) is 0. The number of sulfonamides is 1. The van der Waals surface area contributed by atoms with Crippen LogP contribution in [0.3, 0.4) is 0 Å². The van der Waals surface area contributed by atoms with E-state index in [1.54, 1.807) is 80.6 Å². The Hall–Kier alpha value is -3.32. The Morgan fingerprint density at radius 3 is 2.06 bits per heavy atom. The van der Waals surface area contributed by atoms with Crippen molar-refractivity contribution in [2.75, 3.05) is 25.0 Å². The first kappa shape index (κ1) is 22.4. The molecule has 0 unspecified atom stereocenters. The average molecular weight is 439 g/mol. The number of rotatable bonds is 8. The minimum Gasteiger partial charge on any atom is -0.497 e. The van der Waals surface area contributed by atoms with Gasteiger partial charge in [-0.15, -0.1) is 0 Å². The number of carbonyl (C=O) groups is 1. The van der Waals surface area contributed by atoms with Crippen molar-refractivity contribution < 1.29 is 17.9 Å². The molecule has 6 nitrogen and oxygen atoms in total. The number of carbonyl (C=O) groups excluding carboxylic acids is 1. The number of hydrogen-bond acceptors (Lipinski definition) is 4. The van der Waals surface area contributed by atoms with Crippen LogP contribution in [0.5, 0.6) is 5.75 Å². The van der Waals surface area contributed by atoms with Gasteiger partial charge in [0.1, 0.15) is 5.75 Å². The molecule has 3 aromatic rings. The molecule has 0 heterocycles. The minimum absolute atomic E-state index is 0.142. The van der Waals surface area contributed by atoms with E-state index >= 15 is 0 Å². The van der Waals surface area contributed by atoms with Crippen molar-refractivity contribution in [1.29, 1.82) is 0 Å². The van der Waals surface area contributed by atoms with Gasteiger partial charge >= 0.3 is 0 Å². The highest BCUT2D eigenvalue weighted by molar-refractivity contribution is 7.92. The van der Waals surface area contributed by atoms with Crippen LogP contribution in [0.1, 0.15) is 22.8 Å². The maximum Gasteiger partial charge on any atom is 0.264 e. The summed E-state index contributed by atoms with van der Waals surface area (Å²) in [6.07, 6.45) is 0. The molecule has 0 aliphatic heterocycles. The molecule has 1 amide bonds. The van der Waals surface area contributed by atoms with Crippen molar-refractivity contribution in [2.45, 2.75) is 18.4 Å². The largest absolute Gasteiger partial charge is 0.497 e. The van der Waals surface area contributed by atoms with Gasteiger partial charge in [0.25, 0.3) is 15.9 Å². The molecular weight excluding hydrogens is 412 g/mol. The second-order valence-corrected chi connectivity index (χ2v) is 8.90. The van der Waals surface area contributed by atoms with E-state index < -0.39 is 10.0 Å². The van der Waals surface area contributed by atoms with Crippen LogP contribution in [0.4, 0.5) is 5.69 Å². The lowest BCUT2D eigenvalue weighted by Crippen LogP contribution is -2.31. The number of methoxy groups -OCH3 is 1. The summed E-state index contributed by atoms with van der Waals surface area (Å²) in [5.41, 5.74) is 1.99. The van der Waals surface area contributed by atoms with Crippen LogP contribution in [-0.4, -0.2) is 39.9 Å². The molecule has 3 aromatic carbocycles. The van der Waals surface area contributed by atoms with Gasteiger partial charge in [0.2, 0.25) is 0 Å². The summed E-state index contributed by atoms with van der Waals surface area (Å²) in [6.45, 7) is 2.51. The molecule has 0 aliphatic carbocycles. The fourth-order valence-corrected chi connectivity index (χ4v) is 4.77. The number of nitrogens with zero attached hydrogens (tertiary/aromatic N) is 2. The van der Waals surface area contributed by atoms with E-state index in [-0.39, 0.29) is 17.3 Å². The van der Waals surface area contributed by atoms with Gasteiger partial charge in [-0.05, 0) is 61.0 Å². The molecule has 0 atom stereocenters.